The van der Waals surface area contributed by atoms with Crippen molar-refractivity contribution in [2.75, 3.05) is 18.9 Å². The molecule has 1 aromatic carbocycles. The minimum Gasteiger partial charge on any atom is -0.494 e. The Balaban J connectivity index is 1.63. The van der Waals surface area contributed by atoms with Crippen molar-refractivity contribution < 1.29 is 4.74 Å². The van der Waals surface area contributed by atoms with E-state index in [0.717, 1.165) is 37.1 Å². The smallest absolute Gasteiger partial charge is 0.119 e. The number of ether oxygens (including phenoxy) is 1. The van der Waals surface area contributed by atoms with E-state index in [1.54, 1.807) is 0 Å². The zero-order valence-corrected chi connectivity index (χ0v) is 13.4. The summed E-state index contributed by atoms with van der Waals surface area (Å²) in [7, 11) is 0. The molecule has 0 radical (unpaired) electrons. The molecule has 1 atom stereocenters. The highest BCUT2D eigenvalue weighted by Crippen LogP contribution is 2.25. The van der Waals surface area contributed by atoms with Gasteiger partial charge in [-0.2, -0.15) is 11.8 Å². The SMILES string of the molecule is CCCCCOc1ccc(CNCC2CCCS2)cc1. The maximum absolute atomic E-state index is 5.73. The average Bonchev–Trinajstić information content (AvgIpc) is 2.98. The van der Waals surface area contributed by atoms with E-state index in [9.17, 15) is 0 Å². The van der Waals surface area contributed by atoms with Crippen LogP contribution in [0, 0.1) is 0 Å². The van der Waals surface area contributed by atoms with E-state index in [2.05, 4.69) is 48.3 Å². The van der Waals surface area contributed by atoms with Gasteiger partial charge in [0.1, 0.15) is 5.75 Å². The van der Waals surface area contributed by atoms with Gasteiger partial charge in [-0.25, -0.2) is 0 Å². The van der Waals surface area contributed by atoms with Crippen molar-refractivity contribution in [3.8, 4) is 5.75 Å². The Morgan fingerprint density at radius 2 is 2.10 bits per heavy atom. The first-order valence-corrected chi connectivity index (χ1v) is 8.97. The molecular weight excluding hydrogens is 266 g/mol. The van der Waals surface area contributed by atoms with Gasteiger partial charge >= 0.3 is 0 Å². The van der Waals surface area contributed by atoms with E-state index >= 15 is 0 Å². The molecule has 3 heteroatoms. The molecule has 0 aliphatic carbocycles. The highest BCUT2D eigenvalue weighted by molar-refractivity contribution is 8.00. The number of thioether (sulfide) groups is 1. The maximum Gasteiger partial charge on any atom is 0.119 e. The van der Waals surface area contributed by atoms with Crippen LogP contribution in [0.1, 0.15) is 44.6 Å². The molecule has 0 saturated carbocycles. The summed E-state index contributed by atoms with van der Waals surface area (Å²) in [6, 6.07) is 8.52. The second-order valence-electron chi connectivity index (χ2n) is 5.47. The summed E-state index contributed by atoms with van der Waals surface area (Å²) in [6.07, 6.45) is 6.41. The molecule has 1 unspecified atom stereocenters. The summed E-state index contributed by atoms with van der Waals surface area (Å²) in [5, 5.41) is 4.39. The lowest BCUT2D eigenvalue weighted by atomic mass is 10.2. The molecule has 1 aromatic rings. The molecule has 0 bridgehead atoms. The van der Waals surface area contributed by atoms with Gasteiger partial charge in [0.15, 0.2) is 0 Å². The van der Waals surface area contributed by atoms with Gasteiger partial charge in [0.05, 0.1) is 6.61 Å². The van der Waals surface area contributed by atoms with Crippen LogP contribution in [0.5, 0.6) is 5.75 Å². The van der Waals surface area contributed by atoms with Gasteiger partial charge in [0, 0.05) is 18.3 Å². The summed E-state index contributed by atoms with van der Waals surface area (Å²) >= 11 is 2.11. The summed E-state index contributed by atoms with van der Waals surface area (Å²) in [5.41, 5.74) is 1.34. The molecule has 1 fully saturated rings. The Hall–Kier alpha value is -0.670. The van der Waals surface area contributed by atoms with Gasteiger partial charge in [-0.1, -0.05) is 31.9 Å². The van der Waals surface area contributed by atoms with E-state index in [0.29, 0.717) is 0 Å². The fourth-order valence-corrected chi connectivity index (χ4v) is 3.66. The fourth-order valence-electron chi connectivity index (χ4n) is 2.43. The van der Waals surface area contributed by atoms with Gasteiger partial charge in [0.25, 0.3) is 0 Å². The van der Waals surface area contributed by atoms with Crippen LogP contribution in [-0.4, -0.2) is 24.2 Å². The molecule has 1 N–H and O–H groups in total. The van der Waals surface area contributed by atoms with Crippen molar-refractivity contribution in [2.45, 2.75) is 50.8 Å². The van der Waals surface area contributed by atoms with Crippen molar-refractivity contribution >= 4 is 11.8 Å². The highest BCUT2D eigenvalue weighted by atomic mass is 32.2. The third-order valence-electron chi connectivity index (χ3n) is 3.67. The molecule has 1 heterocycles. The van der Waals surface area contributed by atoms with Crippen LogP contribution in [0.3, 0.4) is 0 Å². The fraction of sp³-hybridized carbons (Fsp3) is 0.647. The largest absolute Gasteiger partial charge is 0.494 e. The molecule has 1 saturated heterocycles. The molecule has 2 rings (SSSR count). The van der Waals surface area contributed by atoms with E-state index in [-0.39, 0.29) is 0 Å². The normalized spacial score (nSPS) is 18.4. The molecule has 112 valence electrons. The van der Waals surface area contributed by atoms with Crippen molar-refractivity contribution in [2.24, 2.45) is 0 Å². The quantitative estimate of drug-likeness (QED) is 0.688. The van der Waals surface area contributed by atoms with Crippen LogP contribution < -0.4 is 10.1 Å². The third-order valence-corrected chi connectivity index (χ3v) is 5.06. The minimum atomic E-state index is 0.830. The number of unbranched alkanes of at least 4 members (excludes halogenated alkanes) is 2. The first kappa shape index (κ1) is 15.7. The lowest BCUT2D eigenvalue weighted by Gasteiger charge is -2.11. The van der Waals surface area contributed by atoms with Crippen molar-refractivity contribution in [3.05, 3.63) is 29.8 Å². The molecule has 2 nitrogen and oxygen atoms in total. The second kappa shape index (κ2) is 9.30. The van der Waals surface area contributed by atoms with Crippen molar-refractivity contribution in [1.29, 1.82) is 0 Å². The molecular formula is C17H27NOS. The van der Waals surface area contributed by atoms with Crippen LogP contribution >= 0.6 is 11.8 Å². The second-order valence-corrected chi connectivity index (χ2v) is 6.87. The monoisotopic (exact) mass is 293 g/mol. The van der Waals surface area contributed by atoms with Gasteiger partial charge < -0.3 is 10.1 Å². The van der Waals surface area contributed by atoms with Crippen LogP contribution in [0.15, 0.2) is 24.3 Å². The maximum atomic E-state index is 5.73. The number of rotatable bonds is 9. The predicted molar refractivity (Wildman–Crippen MR) is 88.6 cm³/mol. The molecule has 0 amide bonds. The minimum absolute atomic E-state index is 0.830. The molecule has 1 aliphatic heterocycles. The number of nitrogens with one attached hydrogen (secondary N) is 1. The first-order chi connectivity index (χ1) is 9.88. The van der Waals surface area contributed by atoms with E-state index in [4.69, 9.17) is 4.74 Å². The Morgan fingerprint density at radius 3 is 2.80 bits per heavy atom. The lowest BCUT2D eigenvalue weighted by molar-refractivity contribution is 0.306. The average molecular weight is 293 g/mol. The number of benzene rings is 1. The van der Waals surface area contributed by atoms with Crippen LogP contribution in [0.2, 0.25) is 0 Å². The molecule has 20 heavy (non-hydrogen) atoms. The molecule has 1 aliphatic rings. The number of hydrogen-bond acceptors (Lipinski definition) is 3. The van der Waals surface area contributed by atoms with E-state index in [1.165, 1.54) is 37.0 Å². The standard InChI is InChI=1S/C17H27NOS/c1-2-3-4-11-19-16-9-7-15(8-10-16)13-18-14-17-6-5-12-20-17/h7-10,17-18H,2-6,11-14H2,1H3. The lowest BCUT2D eigenvalue weighted by Crippen LogP contribution is -2.22. The van der Waals surface area contributed by atoms with Crippen molar-refractivity contribution in [1.82, 2.24) is 5.32 Å². The van der Waals surface area contributed by atoms with Crippen molar-refractivity contribution in [3.63, 3.8) is 0 Å². The highest BCUT2D eigenvalue weighted by Gasteiger charge is 2.14. The summed E-state index contributed by atoms with van der Waals surface area (Å²) in [4.78, 5) is 0. The van der Waals surface area contributed by atoms with Gasteiger partial charge in [-0.15, -0.1) is 0 Å². The van der Waals surface area contributed by atoms with E-state index in [1.807, 2.05) is 0 Å². The Kier molecular flexibility index (Phi) is 7.31. The van der Waals surface area contributed by atoms with Crippen LogP contribution in [0.25, 0.3) is 0 Å². The summed E-state index contributed by atoms with van der Waals surface area (Å²) in [5.74, 6) is 2.34. The van der Waals surface area contributed by atoms with Gasteiger partial charge in [-0.05, 0) is 42.7 Å². The Bertz CT molecular complexity index is 360. The Labute approximate surface area is 127 Å². The summed E-state index contributed by atoms with van der Waals surface area (Å²) in [6.45, 7) is 5.16. The topological polar surface area (TPSA) is 21.3 Å². The Morgan fingerprint density at radius 1 is 1.25 bits per heavy atom. The zero-order chi connectivity index (χ0) is 14.0. The predicted octanol–water partition coefficient (Wildman–Crippen LogP) is 4.24. The third kappa shape index (κ3) is 5.76. The molecule has 0 aromatic heterocycles. The molecule has 0 spiro atoms. The summed E-state index contributed by atoms with van der Waals surface area (Å²) < 4.78 is 5.73. The van der Waals surface area contributed by atoms with E-state index < -0.39 is 0 Å². The van der Waals surface area contributed by atoms with Gasteiger partial charge in [-0.3, -0.25) is 0 Å². The number of hydrogen-bond donors (Lipinski definition) is 1. The van der Waals surface area contributed by atoms with Crippen LogP contribution in [0.4, 0.5) is 0 Å². The first-order valence-electron chi connectivity index (χ1n) is 7.92. The zero-order valence-electron chi connectivity index (χ0n) is 12.6. The van der Waals surface area contributed by atoms with Gasteiger partial charge in [0.2, 0.25) is 0 Å². The van der Waals surface area contributed by atoms with Crippen LogP contribution in [-0.2, 0) is 6.54 Å².